The molecule has 2 amide bonds. The van der Waals surface area contributed by atoms with Crippen molar-refractivity contribution in [3.63, 3.8) is 0 Å². The summed E-state index contributed by atoms with van der Waals surface area (Å²) in [4.78, 5) is 30.6. The van der Waals surface area contributed by atoms with Gasteiger partial charge in [-0.2, -0.15) is 0 Å². The van der Waals surface area contributed by atoms with Gasteiger partial charge in [-0.25, -0.2) is 14.6 Å². The van der Waals surface area contributed by atoms with Gasteiger partial charge in [0.15, 0.2) is 10.7 Å². The highest BCUT2D eigenvalue weighted by Crippen LogP contribution is 2.18. The summed E-state index contributed by atoms with van der Waals surface area (Å²) in [6.45, 7) is 3.23. The molecule has 9 heteroatoms. The predicted molar refractivity (Wildman–Crippen MR) is 77.6 cm³/mol. The monoisotopic (exact) mass is 314 g/mol. The van der Waals surface area contributed by atoms with Crippen molar-refractivity contribution in [2.24, 2.45) is 0 Å². The van der Waals surface area contributed by atoms with E-state index in [-0.39, 0.29) is 12.6 Å². The lowest BCUT2D eigenvalue weighted by atomic mass is 10.1. The molecule has 1 unspecified atom stereocenters. The van der Waals surface area contributed by atoms with Gasteiger partial charge in [-0.1, -0.05) is 0 Å². The van der Waals surface area contributed by atoms with Crippen LogP contribution < -0.4 is 10.2 Å². The van der Waals surface area contributed by atoms with Gasteiger partial charge in [0.05, 0.1) is 6.54 Å². The van der Waals surface area contributed by atoms with Crippen LogP contribution in [0.2, 0.25) is 0 Å². The van der Waals surface area contributed by atoms with Crippen LogP contribution in [0.1, 0.15) is 6.92 Å². The van der Waals surface area contributed by atoms with E-state index in [9.17, 15) is 14.7 Å². The first kappa shape index (κ1) is 15.5. The molecule has 2 rings (SSSR count). The fourth-order valence-electron chi connectivity index (χ4n) is 1.91. The molecular weight excluding hydrogens is 296 g/mol. The van der Waals surface area contributed by atoms with Gasteiger partial charge in [0.25, 0.3) is 0 Å². The number of amides is 2. The van der Waals surface area contributed by atoms with E-state index in [1.165, 1.54) is 0 Å². The Labute approximate surface area is 126 Å². The van der Waals surface area contributed by atoms with Crippen LogP contribution >= 0.6 is 11.3 Å². The number of carbonyl (C=O) groups excluding carboxylic acids is 1. The summed E-state index contributed by atoms with van der Waals surface area (Å²) >= 11 is 1.55. The number of hydrogen-bond acceptors (Lipinski definition) is 6. The van der Waals surface area contributed by atoms with Gasteiger partial charge in [-0.05, 0) is 6.92 Å². The standard InChI is InChI=1S/C12H18N4O4S/c1-12(20,9(17)18)8-14-10(19)15-3-5-16(6-4-15)11-13-2-7-21-11/h2,7,20H,3-6,8H2,1H3,(H,14,19)(H,17,18). The molecule has 8 nitrogen and oxygen atoms in total. The second kappa shape index (κ2) is 6.27. The summed E-state index contributed by atoms with van der Waals surface area (Å²) < 4.78 is 0. The number of carbonyl (C=O) groups is 2. The summed E-state index contributed by atoms with van der Waals surface area (Å²) in [5.74, 6) is -1.36. The first-order valence-electron chi connectivity index (χ1n) is 6.53. The molecule has 2 heterocycles. The van der Waals surface area contributed by atoms with Crippen LogP contribution in [-0.2, 0) is 4.79 Å². The number of aliphatic hydroxyl groups is 1. The maximum atomic E-state index is 11.9. The number of carboxylic acid groups (broad SMARTS) is 1. The zero-order valence-corrected chi connectivity index (χ0v) is 12.5. The fourth-order valence-corrected chi connectivity index (χ4v) is 2.60. The van der Waals surface area contributed by atoms with Crippen molar-refractivity contribution in [2.45, 2.75) is 12.5 Å². The number of anilines is 1. The van der Waals surface area contributed by atoms with Crippen molar-refractivity contribution in [2.75, 3.05) is 37.6 Å². The molecule has 1 atom stereocenters. The number of nitrogens with zero attached hydrogens (tertiary/aromatic N) is 3. The molecule has 0 radical (unpaired) electrons. The summed E-state index contributed by atoms with van der Waals surface area (Å²) in [7, 11) is 0. The van der Waals surface area contributed by atoms with Crippen LogP contribution in [0.15, 0.2) is 11.6 Å². The van der Waals surface area contributed by atoms with Crippen LogP contribution in [0.25, 0.3) is 0 Å². The van der Waals surface area contributed by atoms with Crippen molar-refractivity contribution >= 4 is 28.5 Å². The van der Waals surface area contributed by atoms with Gasteiger partial charge >= 0.3 is 12.0 Å². The Bertz CT molecular complexity index is 497. The maximum absolute atomic E-state index is 11.9. The first-order valence-corrected chi connectivity index (χ1v) is 7.41. The van der Waals surface area contributed by atoms with E-state index >= 15 is 0 Å². The molecule has 0 aromatic carbocycles. The molecule has 0 spiro atoms. The molecule has 3 N–H and O–H groups in total. The number of urea groups is 1. The summed E-state index contributed by atoms with van der Waals surface area (Å²) in [6, 6.07) is -0.365. The average molecular weight is 314 g/mol. The smallest absolute Gasteiger partial charge is 0.337 e. The van der Waals surface area contributed by atoms with E-state index in [0.717, 1.165) is 12.1 Å². The Morgan fingerprint density at radius 2 is 2.10 bits per heavy atom. The number of rotatable bonds is 4. The zero-order valence-electron chi connectivity index (χ0n) is 11.7. The Hall–Kier alpha value is -1.87. The van der Waals surface area contributed by atoms with E-state index in [0.29, 0.717) is 26.2 Å². The van der Waals surface area contributed by atoms with Crippen molar-refractivity contribution in [3.8, 4) is 0 Å². The minimum atomic E-state index is -1.96. The Kier molecular flexibility index (Phi) is 4.63. The minimum absolute atomic E-state index is 0.326. The van der Waals surface area contributed by atoms with E-state index in [2.05, 4.69) is 15.2 Å². The summed E-state index contributed by atoms with van der Waals surface area (Å²) in [5, 5.41) is 23.6. The molecule has 0 aliphatic carbocycles. The number of aromatic nitrogens is 1. The van der Waals surface area contributed by atoms with E-state index in [1.807, 2.05) is 5.38 Å². The number of nitrogens with one attached hydrogen (secondary N) is 1. The lowest BCUT2D eigenvalue weighted by molar-refractivity contribution is -0.155. The molecule has 1 saturated heterocycles. The molecule has 21 heavy (non-hydrogen) atoms. The van der Waals surface area contributed by atoms with Crippen LogP contribution in [0.3, 0.4) is 0 Å². The predicted octanol–water partition coefficient (Wildman–Crippen LogP) is -0.190. The third kappa shape index (κ3) is 3.82. The van der Waals surface area contributed by atoms with Gasteiger partial charge in [0.1, 0.15) is 0 Å². The highest BCUT2D eigenvalue weighted by atomic mass is 32.1. The molecule has 1 aliphatic rings. The number of aliphatic carboxylic acids is 1. The number of piperazine rings is 1. The minimum Gasteiger partial charge on any atom is -0.479 e. The zero-order chi connectivity index (χ0) is 15.5. The second-order valence-corrected chi connectivity index (χ2v) is 5.90. The Balaban J connectivity index is 1.79. The summed E-state index contributed by atoms with van der Waals surface area (Å²) in [6.07, 6.45) is 1.74. The fraction of sp³-hybridized carbons (Fsp3) is 0.583. The molecule has 1 aromatic rings. The highest BCUT2D eigenvalue weighted by Gasteiger charge is 2.31. The Morgan fingerprint density at radius 1 is 1.43 bits per heavy atom. The van der Waals surface area contributed by atoms with Gasteiger partial charge < -0.3 is 25.3 Å². The van der Waals surface area contributed by atoms with Crippen LogP contribution in [0.5, 0.6) is 0 Å². The van der Waals surface area contributed by atoms with Crippen molar-refractivity contribution in [3.05, 3.63) is 11.6 Å². The third-order valence-electron chi connectivity index (χ3n) is 3.30. The second-order valence-electron chi connectivity index (χ2n) is 5.03. The average Bonchev–Trinajstić information content (AvgIpc) is 2.99. The molecule has 1 aliphatic heterocycles. The molecular formula is C12H18N4O4S. The SMILES string of the molecule is CC(O)(CNC(=O)N1CCN(c2nccs2)CC1)C(=O)O. The van der Waals surface area contributed by atoms with E-state index in [1.54, 1.807) is 22.4 Å². The van der Waals surface area contributed by atoms with Gasteiger partial charge in [-0.3, -0.25) is 0 Å². The molecule has 0 bridgehead atoms. The topological polar surface area (TPSA) is 106 Å². The lowest BCUT2D eigenvalue weighted by Crippen LogP contribution is -2.55. The van der Waals surface area contributed by atoms with Gasteiger partial charge in [-0.15, -0.1) is 11.3 Å². The lowest BCUT2D eigenvalue weighted by Gasteiger charge is -2.34. The summed E-state index contributed by atoms with van der Waals surface area (Å²) in [5.41, 5.74) is -1.96. The van der Waals surface area contributed by atoms with E-state index < -0.39 is 11.6 Å². The van der Waals surface area contributed by atoms with Crippen molar-refractivity contribution in [1.82, 2.24) is 15.2 Å². The van der Waals surface area contributed by atoms with Crippen LogP contribution in [0, 0.1) is 0 Å². The quantitative estimate of drug-likeness (QED) is 0.711. The largest absolute Gasteiger partial charge is 0.479 e. The van der Waals surface area contributed by atoms with Gasteiger partial charge in [0.2, 0.25) is 0 Å². The normalized spacial score (nSPS) is 18.2. The maximum Gasteiger partial charge on any atom is 0.337 e. The Morgan fingerprint density at radius 3 is 2.62 bits per heavy atom. The molecule has 1 fully saturated rings. The number of thiazole rings is 1. The third-order valence-corrected chi connectivity index (χ3v) is 4.13. The number of carboxylic acids is 1. The van der Waals surface area contributed by atoms with Crippen LogP contribution in [0.4, 0.5) is 9.93 Å². The van der Waals surface area contributed by atoms with Crippen LogP contribution in [-0.4, -0.2) is 70.4 Å². The highest BCUT2D eigenvalue weighted by molar-refractivity contribution is 7.13. The first-order chi connectivity index (χ1) is 9.90. The molecule has 0 saturated carbocycles. The molecule has 1 aromatic heterocycles. The van der Waals surface area contributed by atoms with Gasteiger partial charge in [0, 0.05) is 37.8 Å². The van der Waals surface area contributed by atoms with E-state index in [4.69, 9.17) is 5.11 Å². The number of hydrogen-bond donors (Lipinski definition) is 3. The van der Waals surface area contributed by atoms with Crippen molar-refractivity contribution < 1.29 is 19.8 Å². The molecule has 116 valence electrons. The van der Waals surface area contributed by atoms with Crippen molar-refractivity contribution in [1.29, 1.82) is 0 Å².